The summed E-state index contributed by atoms with van der Waals surface area (Å²) in [5.74, 6) is -0.0103. The molecular weight excluding hydrogens is 392 g/mol. The molecule has 6 nitrogen and oxygen atoms in total. The van der Waals surface area contributed by atoms with Crippen LogP contribution in [0.15, 0.2) is 48.5 Å². The largest absolute Gasteiger partial charge is 0.481 e. The van der Waals surface area contributed by atoms with E-state index in [1.165, 1.54) is 0 Å². The van der Waals surface area contributed by atoms with E-state index in [0.29, 0.717) is 35.0 Å². The highest BCUT2D eigenvalue weighted by Gasteiger charge is 2.22. The van der Waals surface area contributed by atoms with Crippen molar-refractivity contribution in [1.82, 2.24) is 5.32 Å². The first kappa shape index (κ1) is 21.1. The molecule has 3 rings (SSSR count). The van der Waals surface area contributed by atoms with E-state index in [-0.39, 0.29) is 17.9 Å². The molecule has 1 aliphatic heterocycles. The number of hydrogen-bond acceptors (Lipinski definition) is 4. The van der Waals surface area contributed by atoms with E-state index >= 15 is 0 Å². The van der Waals surface area contributed by atoms with E-state index in [0.717, 1.165) is 19.4 Å². The van der Waals surface area contributed by atoms with Gasteiger partial charge in [0.2, 0.25) is 0 Å². The van der Waals surface area contributed by atoms with Crippen molar-refractivity contribution < 1.29 is 19.1 Å². The molecule has 0 aromatic heterocycles. The number of ether oxygens (including phenoxy) is 2. The van der Waals surface area contributed by atoms with Crippen LogP contribution in [0.3, 0.4) is 0 Å². The minimum atomic E-state index is -0.695. The summed E-state index contributed by atoms with van der Waals surface area (Å²) in [6.45, 7) is 3.05. The van der Waals surface area contributed by atoms with E-state index in [1.54, 1.807) is 48.5 Å². The van der Waals surface area contributed by atoms with Crippen molar-refractivity contribution in [3.8, 4) is 5.75 Å². The number of hydrogen-bond donors (Lipinski definition) is 2. The van der Waals surface area contributed by atoms with Crippen LogP contribution in [0.4, 0.5) is 5.69 Å². The third-order valence-corrected chi connectivity index (χ3v) is 4.95. The summed E-state index contributed by atoms with van der Waals surface area (Å²) in [5, 5.41) is 6.30. The minimum absolute atomic E-state index is 0.0537. The third kappa shape index (κ3) is 5.95. The van der Waals surface area contributed by atoms with Gasteiger partial charge in [0.05, 0.1) is 17.4 Å². The van der Waals surface area contributed by atoms with Crippen LogP contribution in [0.25, 0.3) is 0 Å². The molecule has 0 aliphatic carbocycles. The zero-order valence-electron chi connectivity index (χ0n) is 16.3. The molecule has 29 heavy (non-hydrogen) atoms. The maximum absolute atomic E-state index is 12.7. The highest BCUT2D eigenvalue weighted by molar-refractivity contribution is 6.30. The molecule has 2 N–H and O–H groups in total. The standard InChI is InChI=1S/C22H25ClN2O4/c1-2-20(29-16-11-9-15(23)10-12-16)22(27)25-19-8-4-3-7-18(19)21(26)24-14-17-6-5-13-28-17/h3-4,7-12,17,20H,2,5-6,13-14H2,1H3,(H,24,26)(H,25,27)/t17-,20+/m0/s1. The summed E-state index contributed by atoms with van der Waals surface area (Å²) >= 11 is 5.89. The van der Waals surface area contributed by atoms with Crippen molar-refractivity contribution in [1.29, 1.82) is 0 Å². The van der Waals surface area contributed by atoms with Gasteiger partial charge in [0.25, 0.3) is 11.8 Å². The maximum atomic E-state index is 12.7. The average molecular weight is 417 g/mol. The fraction of sp³-hybridized carbons (Fsp3) is 0.364. The molecule has 1 fully saturated rings. The fourth-order valence-corrected chi connectivity index (χ4v) is 3.24. The van der Waals surface area contributed by atoms with Crippen molar-refractivity contribution in [2.24, 2.45) is 0 Å². The van der Waals surface area contributed by atoms with Crippen molar-refractivity contribution >= 4 is 29.1 Å². The molecule has 0 bridgehead atoms. The smallest absolute Gasteiger partial charge is 0.265 e. The zero-order chi connectivity index (χ0) is 20.6. The first-order chi connectivity index (χ1) is 14.1. The van der Waals surface area contributed by atoms with Gasteiger partial charge in [-0.25, -0.2) is 0 Å². The van der Waals surface area contributed by atoms with Gasteiger partial charge in [-0.3, -0.25) is 9.59 Å². The summed E-state index contributed by atoms with van der Waals surface area (Å²) in [5.41, 5.74) is 0.848. The van der Waals surface area contributed by atoms with E-state index in [1.807, 2.05) is 6.92 Å². The van der Waals surface area contributed by atoms with Gasteiger partial charge in [-0.15, -0.1) is 0 Å². The molecule has 7 heteroatoms. The van der Waals surface area contributed by atoms with Gasteiger partial charge in [-0.1, -0.05) is 30.7 Å². The van der Waals surface area contributed by atoms with Crippen LogP contribution in [-0.4, -0.2) is 37.2 Å². The number of para-hydroxylation sites is 1. The molecule has 0 unspecified atom stereocenters. The Morgan fingerprint density at radius 1 is 1.21 bits per heavy atom. The Morgan fingerprint density at radius 3 is 2.66 bits per heavy atom. The molecule has 0 saturated carbocycles. The number of anilines is 1. The second-order valence-corrected chi connectivity index (χ2v) is 7.28. The van der Waals surface area contributed by atoms with E-state index in [2.05, 4.69) is 10.6 Å². The molecule has 1 saturated heterocycles. The van der Waals surface area contributed by atoms with Crippen LogP contribution >= 0.6 is 11.6 Å². The molecule has 1 aliphatic rings. The van der Waals surface area contributed by atoms with Crippen LogP contribution in [0, 0.1) is 0 Å². The number of carbonyl (C=O) groups excluding carboxylic acids is 2. The van der Waals surface area contributed by atoms with Crippen LogP contribution in [-0.2, 0) is 9.53 Å². The van der Waals surface area contributed by atoms with Gasteiger partial charge in [-0.05, 0) is 55.7 Å². The van der Waals surface area contributed by atoms with Crippen LogP contribution < -0.4 is 15.4 Å². The minimum Gasteiger partial charge on any atom is -0.481 e. The number of amides is 2. The number of carbonyl (C=O) groups is 2. The van der Waals surface area contributed by atoms with Gasteiger partial charge >= 0.3 is 0 Å². The Kier molecular flexibility index (Phi) is 7.49. The molecule has 2 amide bonds. The lowest BCUT2D eigenvalue weighted by Gasteiger charge is -2.19. The van der Waals surface area contributed by atoms with E-state index < -0.39 is 6.10 Å². The van der Waals surface area contributed by atoms with Crippen LogP contribution in [0.1, 0.15) is 36.5 Å². The summed E-state index contributed by atoms with van der Waals surface area (Å²) in [6.07, 6.45) is 1.79. The maximum Gasteiger partial charge on any atom is 0.265 e. The summed E-state index contributed by atoms with van der Waals surface area (Å²) in [7, 11) is 0. The average Bonchev–Trinajstić information content (AvgIpc) is 3.25. The Balaban J connectivity index is 1.64. The Bertz CT molecular complexity index is 835. The summed E-state index contributed by atoms with van der Waals surface area (Å²) in [4.78, 5) is 25.3. The lowest BCUT2D eigenvalue weighted by Crippen LogP contribution is -2.35. The first-order valence-corrected chi connectivity index (χ1v) is 10.2. The topological polar surface area (TPSA) is 76.7 Å². The summed E-state index contributed by atoms with van der Waals surface area (Å²) in [6, 6.07) is 13.8. The quantitative estimate of drug-likeness (QED) is 0.680. The van der Waals surface area contributed by atoms with E-state index in [4.69, 9.17) is 21.1 Å². The summed E-state index contributed by atoms with van der Waals surface area (Å²) < 4.78 is 11.3. The van der Waals surface area contributed by atoms with Crippen molar-refractivity contribution in [2.45, 2.75) is 38.4 Å². The Morgan fingerprint density at radius 2 is 1.97 bits per heavy atom. The van der Waals surface area contributed by atoms with Gasteiger partial charge in [0.1, 0.15) is 5.75 Å². The van der Waals surface area contributed by atoms with Crippen molar-refractivity contribution in [3.63, 3.8) is 0 Å². The molecule has 2 aromatic carbocycles. The molecule has 0 radical (unpaired) electrons. The fourth-order valence-electron chi connectivity index (χ4n) is 3.11. The molecule has 2 aromatic rings. The molecule has 1 heterocycles. The zero-order valence-corrected chi connectivity index (χ0v) is 17.1. The predicted molar refractivity (Wildman–Crippen MR) is 113 cm³/mol. The molecular formula is C22H25ClN2O4. The van der Waals surface area contributed by atoms with Gasteiger partial charge in [-0.2, -0.15) is 0 Å². The van der Waals surface area contributed by atoms with E-state index in [9.17, 15) is 9.59 Å². The number of nitrogens with one attached hydrogen (secondary N) is 2. The number of halogens is 1. The van der Waals surface area contributed by atoms with Crippen molar-refractivity contribution in [2.75, 3.05) is 18.5 Å². The van der Waals surface area contributed by atoms with Gasteiger partial charge in [0.15, 0.2) is 6.10 Å². The van der Waals surface area contributed by atoms with Crippen LogP contribution in [0.2, 0.25) is 5.02 Å². The number of rotatable bonds is 8. The monoisotopic (exact) mass is 416 g/mol. The normalized spacial score (nSPS) is 16.8. The SMILES string of the molecule is CC[C@@H](Oc1ccc(Cl)cc1)C(=O)Nc1ccccc1C(=O)NC[C@@H]1CCCO1. The third-order valence-electron chi connectivity index (χ3n) is 4.70. The van der Waals surface area contributed by atoms with Crippen molar-refractivity contribution in [3.05, 3.63) is 59.1 Å². The highest BCUT2D eigenvalue weighted by Crippen LogP contribution is 2.20. The highest BCUT2D eigenvalue weighted by atomic mass is 35.5. The second-order valence-electron chi connectivity index (χ2n) is 6.85. The lowest BCUT2D eigenvalue weighted by atomic mass is 10.1. The Hall–Kier alpha value is -2.57. The molecule has 154 valence electrons. The van der Waals surface area contributed by atoms with Gasteiger partial charge in [0, 0.05) is 18.2 Å². The molecule has 2 atom stereocenters. The Labute approximate surface area is 175 Å². The van der Waals surface area contributed by atoms with Gasteiger partial charge < -0.3 is 20.1 Å². The lowest BCUT2D eigenvalue weighted by molar-refractivity contribution is -0.122. The number of benzene rings is 2. The second kappa shape index (κ2) is 10.3. The van der Waals surface area contributed by atoms with Crippen LogP contribution in [0.5, 0.6) is 5.75 Å². The predicted octanol–water partition coefficient (Wildman–Crippen LogP) is 4.04. The first-order valence-electron chi connectivity index (χ1n) is 9.78. The molecule has 0 spiro atoms.